The molecule has 0 aromatic carbocycles. The quantitative estimate of drug-likeness (QED) is 0.623. The first-order valence-electron chi connectivity index (χ1n) is 8.93. The third kappa shape index (κ3) is 3.75. The summed E-state index contributed by atoms with van der Waals surface area (Å²) in [5.74, 6) is -0.0298. The highest BCUT2D eigenvalue weighted by molar-refractivity contribution is 6.62. The van der Waals surface area contributed by atoms with Crippen LogP contribution >= 0.6 is 0 Å². The van der Waals surface area contributed by atoms with E-state index in [1.807, 2.05) is 60.7 Å². The highest BCUT2D eigenvalue weighted by Gasteiger charge is 2.52. The van der Waals surface area contributed by atoms with Gasteiger partial charge in [0, 0.05) is 17.9 Å². The van der Waals surface area contributed by atoms with Gasteiger partial charge in [-0.1, -0.05) is 6.07 Å². The van der Waals surface area contributed by atoms with Crippen molar-refractivity contribution < 1.29 is 18.8 Å². The molecule has 5 nitrogen and oxygen atoms in total. The lowest BCUT2D eigenvalue weighted by Gasteiger charge is -2.32. The molecule has 3 rings (SSSR count). The zero-order valence-electron chi connectivity index (χ0n) is 16.3. The summed E-state index contributed by atoms with van der Waals surface area (Å²) in [6.07, 6.45) is 4.41. The van der Waals surface area contributed by atoms with E-state index in [4.69, 9.17) is 14.0 Å². The summed E-state index contributed by atoms with van der Waals surface area (Å²) in [5, 5.41) is 0. The number of esters is 1. The summed E-state index contributed by atoms with van der Waals surface area (Å²) in [7, 11) is -0.434. The molecule has 0 bridgehead atoms. The van der Waals surface area contributed by atoms with Crippen LogP contribution < -0.4 is 5.46 Å². The Kier molecular flexibility index (Phi) is 4.28. The average Bonchev–Trinajstić information content (AvgIpc) is 3.21. The number of hydrogen-bond donors (Lipinski definition) is 0. The lowest BCUT2D eigenvalue weighted by Crippen LogP contribution is -2.41. The predicted octanol–water partition coefficient (Wildman–Crippen LogP) is 2.83. The molecule has 1 saturated carbocycles. The van der Waals surface area contributed by atoms with Gasteiger partial charge in [-0.3, -0.25) is 9.78 Å². The normalized spacial score (nSPS) is 27.2. The SMILES string of the molecule is CC(C)(C)OC(=O)C1CC1c1cncc(B2OC(C)(C)C(C)(C)O2)c1. The maximum absolute atomic E-state index is 12.2. The minimum Gasteiger partial charge on any atom is -0.460 e. The third-order valence-electron chi connectivity index (χ3n) is 5.23. The van der Waals surface area contributed by atoms with Crippen molar-refractivity contribution in [3.8, 4) is 0 Å². The molecule has 2 fully saturated rings. The van der Waals surface area contributed by atoms with E-state index in [0.29, 0.717) is 0 Å². The van der Waals surface area contributed by atoms with E-state index in [1.165, 1.54) is 0 Å². The number of aromatic nitrogens is 1. The Morgan fingerprint density at radius 3 is 2.36 bits per heavy atom. The van der Waals surface area contributed by atoms with Crippen LogP contribution in [0.2, 0.25) is 0 Å². The molecule has 25 heavy (non-hydrogen) atoms. The number of pyridine rings is 1. The van der Waals surface area contributed by atoms with Crippen LogP contribution in [-0.4, -0.2) is 34.9 Å². The summed E-state index contributed by atoms with van der Waals surface area (Å²) >= 11 is 0. The highest BCUT2D eigenvalue weighted by Crippen LogP contribution is 2.48. The predicted molar refractivity (Wildman–Crippen MR) is 96.6 cm³/mol. The second kappa shape index (κ2) is 5.81. The number of carbonyl (C=O) groups excluding carboxylic acids is 1. The van der Waals surface area contributed by atoms with Gasteiger partial charge >= 0.3 is 13.1 Å². The van der Waals surface area contributed by atoms with Gasteiger partial charge in [0.2, 0.25) is 0 Å². The number of ether oxygens (including phenoxy) is 1. The molecule has 0 amide bonds. The van der Waals surface area contributed by atoms with Crippen molar-refractivity contribution in [3.05, 3.63) is 24.0 Å². The van der Waals surface area contributed by atoms with Gasteiger partial charge in [0.25, 0.3) is 0 Å². The number of rotatable bonds is 3. The first-order valence-corrected chi connectivity index (χ1v) is 8.93. The van der Waals surface area contributed by atoms with E-state index in [1.54, 1.807) is 6.20 Å². The van der Waals surface area contributed by atoms with E-state index in [0.717, 1.165) is 17.4 Å². The summed E-state index contributed by atoms with van der Waals surface area (Å²) in [6, 6.07) is 2.05. The van der Waals surface area contributed by atoms with Crippen LogP contribution in [0.15, 0.2) is 18.5 Å². The molecular weight excluding hydrogens is 317 g/mol. The molecule has 136 valence electrons. The van der Waals surface area contributed by atoms with Gasteiger partial charge in [0.05, 0.1) is 17.1 Å². The second-order valence-corrected chi connectivity index (χ2v) is 9.12. The highest BCUT2D eigenvalue weighted by atomic mass is 16.7. The second-order valence-electron chi connectivity index (χ2n) is 9.12. The van der Waals surface area contributed by atoms with Crippen LogP contribution in [-0.2, 0) is 18.8 Å². The molecule has 2 atom stereocenters. The van der Waals surface area contributed by atoms with Crippen molar-refractivity contribution in [1.29, 1.82) is 0 Å². The Hall–Kier alpha value is -1.40. The van der Waals surface area contributed by atoms with E-state index >= 15 is 0 Å². The van der Waals surface area contributed by atoms with E-state index < -0.39 is 12.7 Å². The fraction of sp³-hybridized carbons (Fsp3) is 0.684. The van der Waals surface area contributed by atoms with Gasteiger partial charge in [0.1, 0.15) is 5.60 Å². The van der Waals surface area contributed by atoms with Crippen molar-refractivity contribution in [2.75, 3.05) is 0 Å². The Morgan fingerprint density at radius 2 is 1.80 bits per heavy atom. The maximum Gasteiger partial charge on any atom is 0.496 e. The molecule has 2 unspecified atom stereocenters. The van der Waals surface area contributed by atoms with Crippen LogP contribution in [0.5, 0.6) is 0 Å². The first kappa shape index (κ1) is 18.4. The molecule has 1 aliphatic heterocycles. The zero-order valence-corrected chi connectivity index (χ0v) is 16.3. The van der Waals surface area contributed by atoms with E-state index in [-0.39, 0.29) is 29.0 Å². The molecule has 1 aliphatic carbocycles. The molecule has 0 spiro atoms. The maximum atomic E-state index is 12.2. The van der Waals surface area contributed by atoms with Crippen LogP contribution in [0, 0.1) is 5.92 Å². The lowest BCUT2D eigenvalue weighted by molar-refractivity contribution is -0.156. The topological polar surface area (TPSA) is 57.7 Å². The first-order chi connectivity index (χ1) is 11.4. The molecule has 1 aromatic heterocycles. The molecule has 1 aromatic rings. The van der Waals surface area contributed by atoms with Gasteiger partial charge in [-0.2, -0.15) is 0 Å². The summed E-state index contributed by atoms with van der Waals surface area (Å²) in [4.78, 5) is 16.6. The van der Waals surface area contributed by atoms with Crippen molar-refractivity contribution in [3.63, 3.8) is 0 Å². The Morgan fingerprint density at radius 1 is 1.20 bits per heavy atom. The molecule has 0 N–H and O–H groups in total. The summed E-state index contributed by atoms with van der Waals surface area (Å²) in [6.45, 7) is 13.8. The minimum atomic E-state index is -0.451. The average molecular weight is 345 g/mol. The van der Waals surface area contributed by atoms with Crippen molar-refractivity contribution in [1.82, 2.24) is 4.98 Å². The van der Waals surface area contributed by atoms with Gasteiger partial charge in [0.15, 0.2) is 0 Å². The van der Waals surface area contributed by atoms with E-state index in [9.17, 15) is 4.79 Å². The Labute approximate surface area is 150 Å². The molecule has 0 radical (unpaired) electrons. The van der Waals surface area contributed by atoms with Crippen LogP contribution in [0.25, 0.3) is 0 Å². The Balaban J connectivity index is 1.71. The zero-order chi connectivity index (χ0) is 18.6. The molecule has 2 heterocycles. The standard InChI is InChI=1S/C19H28BNO4/c1-17(2,3)23-16(22)15-9-14(15)12-8-13(11-21-10-12)20-24-18(4,5)19(6,7)25-20/h8,10-11,14-15H,9H2,1-7H3. The monoisotopic (exact) mass is 345 g/mol. The van der Waals surface area contributed by atoms with Gasteiger partial charge in [-0.15, -0.1) is 0 Å². The molecule has 1 saturated heterocycles. The molecular formula is C19H28BNO4. The van der Waals surface area contributed by atoms with E-state index in [2.05, 4.69) is 4.98 Å². The molecule has 6 heteroatoms. The minimum absolute atomic E-state index is 0.0745. The van der Waals surface area contributed by atoms with Crippen LogP contribution in [0.1, 0.15) is 66.4 Å². The number of hydrogen-bond acceptors (Lipinski definition) is 5. The van der Waals surface area contributed by atoms with Gasteiger partial charge in [-0.05, 0) is 66.4 Å². The number of nitrogens with zero attached hydrogens (tertiary/aromatic N) is 1. The number of carbonyl (C=O) groups is 1. The van der Waals surface area contributed by atoms with Crippen molar-refractivity contribution in [2.24, 2.45) is 5.92 Å². The lowest BCUT2D eigenvalue weighted by atomic mass is 9.79. The van der Waals surface area contributed by atoms with Gasteiger partial charge in [-0.25, -0.2) is 0 Å². The van der Waals surface area contributed by atoms with Gasteiger partial charge < -0.3 is 14.0 Å². The van der Waals surface area contributed by atoms with Crippen LogP contribution in [0.4, 0.5) is 0 Å². The van der Waals surface area contributed by atoms with Crippen molar-refractivity contribution in [2.45, 2.75) is 77.6 Å². The smallest absolute Gasteiger partial charge is 0.460 e. The summed E-state index contributed by atoms with van der Waals surface area (Å²) in [5.41, 5.74) is 0.722. The fourth-order valence-corrected chi connectivity index (χ4v) is 2.99. The third-order valence-corrected chi connectivity index (χ3v) is 5.23. The van der Waals surface area contributed by atoms with Crippen molar-refractivity contribution >= 4 is 18.6 Å². The molecule has 2 aliphatic rings. The van der Waals surface area contributed by atoms with Crippen LogP contribution in [0.3, 0.4) is 0 Å². The Bertz CT molecular complexity index is 664. The largest absolute Gasteiger partial charge is 0.496 e. The fourth-order valence-electron chi connectivity index (χ4n) is 2.99. The summed E-state index contributed by atoms with van der Waals surface area (Å²) < 4.78 is 17.7.